The van der Waals surface area contributed by atoms with E-state index in [2.05, 4.69) is 36.4 Å². The summed E-state index contributed by atoms with van der Waals surface area (Å²) in [5.74, 6) is 1.96. The number of nitrogens with one attached hydrogen (secondary N) is 2. The van der Waals surface area contributed by atoms with Crippen molar-refractivity contribution in [2.75, 3.05) is 40.3 Å². The maximum atomic E-state index is 12.0. The first-order valence-corrected chi connectivity index (χ1v) is 11.1. The number of guanidine groups is 1. The normalized spacial score (nSPS) is 24.7. The second-order valence-corrected chi connectivity index (χ2v) is 9.78. The van der Waals surface area contributed by atoms with Gasteiger partial charge in [-0.15, -0.1) is 0 Å². The number of hydrogen-bond acceptors (Lipinski definition) is 3. The predicted molar refractivity (Wildman–Crippen MR) is 115 cm³/mol. The van der Waals surface area contributed by atoms with Gasteiger partial charge in [-0.2, -0.15) is 0 Å². The zero-order valence-corrected chi connectivity index (χ0v) is 18.7. The quantitative estimate of drug-likeness (QED) is 0.537. The van der Waals surface area contributed by atoms with E-state index in [1.54, 1.807) is 19.0 Å². The molecular formula is C22H42N4O2. The van der Waals surface area contributed by atoms with Crippen LogP contribution in [0.15, 0.2) is 4.99 Å². The van der Waals surface area contributed by atoms with E-state index in [-0.39, 0.29) is 24.0 Å². The number of hydrogen-bond donors (Lipinski definition) is 2. The van der Waals surface area contributed by atoms with Crippen molar-refractivity contribution >= 4 is 11.9 Å². The summed E-state index contributed by atoms with van der Waals surface area (Å²) in [5.41, 5.74) is 0.125. The Morgan fingerprint density at radius 3 is 2.36 bits per heavy atom. The Hall–Kier alpha value is -1.30. The fourth-order valence-corrected chi connectivity index (χ4v) is 4.33. The molecule has 6 heteroatoms. The van der Waals surface area contributed by atoms with Crippen molar-refractivity contribution in [3.8, 4) is 0 Å². The van der Waals surface area contributed by atoms with E-state index in [1.807, 2.05) is 0 Å². The molecule has 0 bridgehead atoms. The van der Waals surface area contributed by atoms with Gasteiger partial charge in [-0.1, -0.05) is 40.0 Å². The third-order valence-corrected chi connectivity index (χ3v) is 5.98. The molecule has 0 spiro atoms. The van der Waals surface area contributed by atoms with Gasteiger partial charge in [0.1, 0.15) is 6.54 Å². The summed E-state index contributed by atoms with van der Waals surface area (Å²) in [6, 6.07) is 0. The number of ether oxygens (including phenoxy) is 1. The molecule has 2 fully saturated rings. The van der Waals surface area contributed by atoms with Crippen LogP contribution in [0.1, 0.15) is 65.7 Å². The van der Waals surface area contributed by atoms with Crippen molar-refractivity contribution in [1.82, 2.24) is 15.5 Å². The van der Waals surface area contributed by atoms with Gasteiger partial charge in [0.05, 0.1) is 6.10 Å². The average molecular weight is 395 g/mol. The lowest BCUT2D eigenvalue weighted by molar-refractivity contribution is -0.127. The Morgan fingerprint density at radius 1 is 1.04 bits per heavy atom. The molecule has 2 aliphatic rings. The molecule has 1 saturated carbocycles. The number of nitrogens with zero attached hydrogens (tertiary/aromatic N) is 2. The zero-order chi connectivity index (χ0) is 20.6. The van der Waals surface area contributed by atoms with Crippen LogP contribution in [0.4, 0.5) is 0 Å². The minimum absolute atomic E-state index is 0.0207. The number of carbonyl (C=O) groups excluding carboxylic acids is 1. The molecule has 0 radical (unpaired) electrons. The van der Waals surface area contributed by atoms with E-state index in [4.69, 9.17) is 4.74 Å². The Bertz CT molecular complexity index is 507. The average Bonchev–Trinajstić information content (AvgIpc) is 2.67. The highest BCUT2D eigenvalue weighted by atomic mass is 16.5. The molecular weight excluding hydrogens is 352 g/mol. The molecule has 2 rings (SSSR count). The molecule has 0 aromatic carbocycles. The van der Waals surface area contributed by atoms with Crippen LogP contribution in [0.2, 0.25) is 0 Å². The van der Waals surface area contributed by atoms with Crippen molar-refractivity contribution in [2.45, 2.75) is 71.8 Å². The fraction of sp³-hybridized carbons (Fsp3) is 0.909. The van der Waals surface area contributed by atoms with Crippen LogP contribution in [-0.4, -0.2) is 63.2 Å². The van der Waals surface area contributed by atoms with Gasteiger partial charge in [-0.25, -0.2) is 4.99 Å². The molecule has 1 saturated heterocycles. The Labute approximate surface area is 171 Å². The maximum Gasteiger partial charge on any atom is 0.243 e. The topological polar surface area (TPSA) is 66.0 Å². The number of carbonyl (C=O) groups is 1. The largest absolute Gasteiger partial charge is 0.377 e. The molecule has 2 N–H and O–H groups in total. The molecule has 0 aromatic rings. The first-order chi connectivity index (χ1) is 13.3. The summed E-state index contributed by atoms with van der Waals surface area (Å²) < 4.78 is 6.11. The molecule has 1 amide bonds. The Balaban J connectivity index is 1.94. The van der Waals surface area contributed by atoms with Crippen LogP contribution >= 0.6 is 0 Å². The van der Waals surface area contributed by atoms with Gasteiger partial charge in [0, 0.05) is 39.7 Å². The number of amides is 1. The van der Waals surface area contributed by atoms with Crippen molar-refractivity contribution in [1.29, 1.82) is 0 Å². The molecule has 2 atom stereocenters. The third-order valence-electron chi connectivity index (χ3n) is 5.98. The summed E-state index contributed by atoms with van der Waals surface area (Å²) >= 11 is 0. The Morgan fingerprint density at radius 2 is 1.71 bits per heavy atom. The maximum absolute atomic E-state index is 12.0. The van der Waals surface area contributed by atoms with E-state index < -0.39 is 0 Å². The first-order valence-electron chi connectivity index (χ1n) is 11.1. The fourth-order valence-electron chi connectivity index (χ4n) is 4.33. The second kappa shape index (κ2) is 11.0. The molecule has 1 aliphatic heterocycles. The highest BCUT2D eigenvalue weighted by Crippen LogP contribution is 2.33. The van der Waals surface area contributed by atoms with Gasteiger partial charge in [0.25, 0.3) is 0 Å². The SMILES string of the molecule is CN(C)C(=O)CN=C(NCC1CCCCC1)NCC1CCCOC1C(C)(C)C. The third kappa shape index (κ3) is 7.61. The van der Waals surface area contributed by atoms with Gasteiger partial charge in [-0.05, 0) is 37.0 Å². The van der Waals surface area contributed by atoms with Crippen molar-refractivity contribution in [3.05, 3.63) is 0 Å². The van der Waals surface area contributed by atoms with Crippen LogP contribution in [0.25, 0.3) is 0 Å². The predicted octanol–water partition coefficient (Wildman–Crippen LogP) is 3.03. The zero-order valence-electron chi connectivity index (χ0n) is 18.7. The molecule has 1 aliphatic carbocycles. The van der Waals surface area contributed by atoms with Crippen molar-refractivity contribution < 1.29 is 9.53 Å². The molecule has 0 aromatic heterocycles. The van der Waals surface area contributed by atoms with Crippen molar-refractivity contribution in [3.63, 3.8) is 0 Å². The standard InChI is InChI=1S/C22H42N4O2/c1-22(2,3)20-18(12-9-13-28-20)15-24-21(25-16-19(27)26(4)5)23-14-17-10-7-6-8-11-17/h17-18,20H,6-16H2,1-5H3,(H2,23,24,25). The van der Waals surface area contributed by atoms with E-state index >= 15 is 0 Å². The first kappa shape index (κ1) is 23.0. The summed E-state index contributed by atoms with van der Waals surface area (Å²) in [4.78, 5) is 18.1. The molecule has 2 unspecified atom stereocenters. The Kier molecular flexibility index (Phi) is 9.06. The number of rotatable bonds is 6. The van der Waals surface area contributed by atoms with Crippen molar-refractivity contribution in [2.24, 2.45) is 22.2 Å². The van der Waals surface area contributed by atoms with Crippen LogP contribution in [-0.2, 0) is 9.53 Å². The summed E-state index contributed by atoms with van der Waals surface area (Å²) in [6.07, 6.45) is 9.14. The van der Waals surface area contributed by atoms with Crippen LogP contribution < -0.4 is 10.6 Å². The molecule has 1 heterocycles. The monoisotopic (exact) mass is 394 g/mol. The lowest BCUT2D eigenvalue weighted by Gasteiger charge is -2.40. The van der Waals surface area contributed by atoms with Gasteiger partial charge in [-0.3, -0.25) is 4.79 Å². The summed E-state index contributed by atoms with van der Waals surface area (Å²) in [7, 11) is 3.54. The summed E-state index contributed by atoms with van der Waals surface area (Å²) in [5, 5.41) is 7.02. The highest BCUT2D eigenvalue weighted by Gasteiger charge is 2.35. The minimum Gasteiger partial charge on any atom is -0.377 e. The van der Waals surface area contributed by atoms with Gasteiger partial charge >= 0.3 is 0 Å². The van der Waals surface area contributed by atoms with Gasteiger partial charge < -0.3 is 20.3 Å². The van der Waals surface area contributed by atoms with Crippen LogP contribution in [0, 0.1) is 17.3 Å². The molecule has 6 nitrogen and oxygen atoms in total. The highest BCUT2D eigenvalue weighted by molar-refractivity contribution is 5.84. The van der Waals surface area contributed by atoms with Gasteiger partial charge in [0.15, 0.2) is 5.96 Å². The summed E-state index contributed by atoms with van der Waals surface area (Å²) in [6.45, 7) is 9.56. The van der Waals surface area contributed by atoms with E-state index in [0.717, 1.165) is 32.1 Å². The minimum atomic E-state index is 0.0207. The van der Waals surface area contributed by atoms with E-state index in [0.29, 0.717) is 11.8 Å². The van der Waals surface area contributed by atoms with Gasteiger partial charge in [0.2, 0.25) is 5.91 Å². The van der Waals surface area contributed by atoms with Crippen LogP contribution in [0.5, 0.6) is 0 Å². The number of likely N-dealkylation sites (N-methyl/N-ethyl adjacent to an activating group) is 1. The lowest BCUT2D eigenvalue weighted by Crippen LogP contribution is -2.48. The second-order valence-electron chi connectivity index (χ2n) is 9.78. The van der Waals surface area contributed by atoms with Crippen LogP contribution in [0.3, 0.4) is 0 Å². The molecule has 162 valence electrons. The van der Waals surface area contributed by atoms with E-state index in [1.165, 1.54) is 38.5 Å². The lowest BCUT2D eigenvalue weighted by atomic mass is 9.78. The van der Waals surface area contributed by atoms with E-state index in [9.17, 15) is 4.79 Å². The number of aliphatic imine (C=N–C) groups is 1. The smallest absolute Gasteiger partial charge is 0.243 e. The molecule has 28 heavy (non-hydrogen) atoms.